The van der Waals surface area contributed by atoms with Crippen molar-refractivity contribution in [1.29, 1.82) is 0 Å². The number of carbonyl (C=O) groups is 3. The average molecular weight is 469 g/mol. The van der Waals surface area contributed by atoms with Gasteiger partial charge in [0.2, 0.25) is 0 Å². The summed E-state index contributed by atoms with van der Waals surface area (Å²) < 4.78 is 12.4. The molecule has 1 aliphatic rings. The second kappa shape index (κ2) is 11.7. The monoisotopic (exact) mass is 468 g/mol. The van der Waals surface area contributed by atoms with E-state index >= 15 is 0 Å². The maximum Gasteiger partial charge on any atom is 0.303 e. The van der Waals surface area contributed by atoms with Crippen LogP contribution in [0.1, 0.15) is 85.1 Å². The Bertz CT molecular complexity index is 1030. The van der Waals surface area contributed by atoms with Gasteiger partial charge in [-0.2, -0.15) is 0 Å². The molecule has 1 saturated carbocycles. The molecule has 1 aliphatic carbocycles. The molecule has 0 radical (unpaired) electrons. The summed E-state index contributed by atoms with van der Waals surface area (Å²) in [5.41, 5.74) is 1.45. The number of rotatable bonds is 11. The van der Waals surface area contributed by atoms with E-state index < -0.39 is 5.97 Å². The first-order chi connectivity index (χ1) is 16.3. The average Bonchev–Trinajstić information content (AvgIpc) is 2.80. The molecule has 0 bridgehead atoms. The van der Waals surface area contributed by atoms with E-state index in [-0.39, 0.29) is 42.4 Å². The zero-order chi connectivity index (χ0) is 24.7. The highest BCUT2D eigenvalue weighted by atomic mass is 16.5. The summed E-state index contributed by atoms with van der Waals surface area (Å²) in [6.07, 6.45) is 4.47. The van der Waals surface area contributed by atoms with Gasteiger partial charge in [0.1, 0.15) is 29.5 Å². The highest BCUT2D eigenvalue weighted by Crippen LogP contribution is 2.35. The van der Waals surface area contributed by atoms with Gasteiger partial charge in [-0.25, -0.2) is 0 Å². The molecule has 0 aromatic heterocycles. The number of ketones is 2. The van der Waals surface area contributed by atoms with E-state index in [4.69, 9.17) is 14.6 Å². The zero-order valence-electron chi connectivity index (χ0n) is 19.7. The molecule has 7 heteroatoms. The number of phenols is 1. The fraction of sp³-hybridized carbons (Fsp3) is 0.444. The molecule has 7 nitrogen and oxygen atoms in total. The topological polar surface area (TPSA) is 110 Å². The first kappa shape index (κ1) is 25.3. The van der Waals surface area contributed by atoms with Crippen LogP contribution in [0.5, 0.6) is 17.2 Å². The molecule has 0 heterocycles. The van der Waals surface area contributed by atoms with Crippen molar-refractivity contribution in [3.63, 3.8) is 0 Å². The van der Waals surface area contributed by atoms with Gasteiger partial charge in [0.15, 0.2) is 11.6 Å². The van der Waals surface area contributed by atoms with Gasteiger partial charge in [-0.05, 0) is 69.0 Å². The zero-order valence-corrected chi connectivity index (χ0v) is 19.7. The summed E-state index contributed by atoms with van der Waals surface area (Å²) in [6, 6.07) is 10.2. The lowest BCUT2D eigenvalue weighted by atomic mass is 9.94. The number of benzene rings is 2. The van der Waals surface area contributed by atoms with E-state index in [1.807, 2.05) is 6.92 Å². The Labute approximate surface area is 199 Å². The van der Waals surface area contributed by atoms with Crippen LogP contribution >= 0.6 is 0 Å². The van der Waals surface area contributed by atoms with Crippen molar-refractivity contribution >= 4 is 17.5 Å². The van der Waals surface area contributed by atoms with E-state index in [9.17, 15) is 19.5 Å². The molecule has 2 aromatic rings. The van der Waals surface area contributed by atoms with E-state index in [1.54, 1.807) is 36.4 Å². The van der Waals surface area contributed by atoms with Crippen molar-refractivity contribution in [3.05, 3.63) is 53.1 Å². The minimum Gasteiger partial charge on any atom is -0.507 e. The van der Waals surface area contributed by atoms with Crippen molar-refractivity contribution < 1.29 is 34.1 Å². The Kier molecular flexibility index (Phi) is 8.68. The molecule has 0 unspecified atom stereocenters. The predicted octanol–water partition coefficient (Wildman–Crippen LogP) is 5.36. The molecule has 0 spiro atoms. The van der Waals surface area contributed by atoms with E-state index in [1.165, 1.54) is 6.92 Å². The maximum absolute atomic E-state index is 12.1. The summed E-state index contributed by atoms with van der Waals surface area (Å²) >= 11 is 0. The van der Waals surface area contributed by atoms with Gasteiger partial charge in [-0.3, -0.25) is 14.4 Å². The van der Waals surface area contributed by atoms with Gasteiger partial charge >= 0.3 is 5.97 Å². The molecule has 2 aromatic carbocycles. The minimum absolute atomic E-state index is 0.00783. The normalized spacial score (nSPS) is 17.7. The molecule has 0 amide bonds. The molecule has 2 atom stereocenters. The second-order valence-corrected chi connectivity index (χ2v) is 8.73. The number of hydrogen-bond acceptors (Lipinski definition) is 6. The molecule has 0 aliphatic heterocycles. The van der Waals surface area contributed by atoms with Crippen LogP contribution in [0, 0.1) is 0 Å². The Morgan fingerprint density at radius 3 is 2.26 bits per heavy atom. The summed E-state index contributed by atoms with van der Waals surface area (Å²) in [5.74, 6) is -0.110. The summed E-state index contributed by atoms with van der Waals surface area (Å²) in [7, 11) is 0. The number of Topliss-reactive ketones (excluding diaryl/α,β-unsaturated/α-hetero) is 2. The van der Waals surface area contributed by atoms with Crippen LogP contribution in [-0.2, 0) is 11.2 Å². The number of hydrogen-bond donors (Lipinski definition) is 2. The van der Waals surface area contributed by atoms with Gasteiger partial charge < -0.3 is 19.7 Å². The number of aromatic hydroxyl groups is 1. The standard InChI is InChI=1S/C27H32O7/c1-3-5-23-25(14-12-22(17(2)28)27(23)32)34-21-7-4-6-20(16-21)33-19-10-8-18(9-11-19)24(29)13-15-26(30)31/h8-12,14,20-21,32H,3-7,13,15-16H2,1-2H3,(H,30,31)/t20-,21-/m0/s1. The van der Waals surface area contributed by atoms with E-state index in [0.717, 1.165) is 25.7 Å². The minimum atomic E-state index is -0.991. The van der Waals surface area contributed by atoms with Crippen LogP contribution < -0.4 is 9.47 Å². The highest BCUT2D eigenvalue weighted by molar-refractivity contribution is 5.98. The van der Waals surface area contributed by atoms with Crippen molar-refractivity contribution in [2.24, 2.45) is 0 Å². The van der Waals surface area contributed by atoms with Crippen molar-refractivity contribution in [2.75, 3.05) is 0 Å². The van der Waals surface area contributed by atoms with Gasteiger partial charge in [0.05, 0.1) is 12.0 Å². The van der Waals surface area contributed by atoms with Gasteiger partial charge in [0, 0.05) is 24.0 Å². The van der Waals surface area contributed by atoms with Crippen molar-refractivity contribution in [3.8, 4) is 17.2 Å². The van der Waals surface area contributed by atoms with Crippen LogP contribution in [0.4, 0.5) is 0 Å². The Morgan fingerprint density at radius 2 is 1.65 bits per heavy atom. The number of phenolic OH excluding ortho intramolecular Hbond substituents is 1. The fourth-order valence-corrected chi connectivity index (χ4v) is 4.28. The van der Waals surface area contributed by atoms with Crippen LogP contribution in [0.15, 0.2) is 36.4 Å². The summed E-state index contributed by atoms with van der Waals surface area (Å²) in [6.45, 7) is 3.45. The predicted molar refractivity (Wildman–Crippen MR) is 127 cm³/mol. The van der Waals surface area contributed by atoms with Crippen LogP contribution in [0.25, 0.3) is 0 Å². The SMILES string of the molecule is CCCc1c(O[C@H]2CCC[C@H](Oc3ccc(C(=O)CCC(=O)O)cc3)C2)ccc(C(C)=O)c1O. The quantitative estimate of drug-likeness (QED) is 0.427. The lowest BCUT2D eigenvalue weighted by Gasteiger charge is -2.31. The van der Waals surface area contributed by atoms with Crippen molar-refractivity contribution in [1.82, 2.24) is 0 Å². The lowest BCUT2D eigenvalue weighted by molar-refractivity contribution is -0.136. The van der Waals surface area contributed by atoms with E-state index in [2.05, 4.69) is 0 Å². The molecule has 1 fully saturated rings. The fourth-order valence-electron chi connectivity index (χ4n) is 4.28. The third-order valence-electron chi connectivity index (χ3n) is 6.04. The summed E-state index contributed by atoms with van der Waals surface area (Å²) in [5, 5.41) is 19.3. The Hall–Kier alpha value is -3.35. The number of aliphatic carboxylic acids is 1. The first-order valence-electron chi connectivity index (χ1n) is 11.8. The molecule has 0 saturated heterocycles. The van der Waals surface area contributed by atoms with Crippen LogP contribution in [0.3, 0.4) is 0 Å². The number of carbonyl (C=O) groups excluding carboxylic acids is 2. The molecule has 3 rings (SSSR count). The molecule has 182 valence electrons. The second-order valence-electron chi connectivity index (χ2n) is 8.73. The lowest BCUT2D eigenvalue weighted by Crippen LogP contribution is -2.32. The number of carboxylic acid groups (broad SMARTS) is 1. The molecule has 34 heavy (non-hydrogen) atoms. The molecular formula is C27H32O7. The number of carboxylic acids is 1. The largest absolute Gasteiger partial charge is 0.507 e. The van der Waals surface area contributed by atoms with Gasteiger partial charge in [-0.15, -0.1) is 0 Å². The highest BCUT2D eigenvalue weighted by Gasteiger charge is 2.26. The van der Waals surface area contributed by atoms with Crippen LogP contribution in [-0.4, -0.2) is 40.0 Å². The van der Waals surface area contributed by atoms with Gasteiger partial charge in [-0.1, -0.05) is 13.3 Å². The molecule has 2 N–H and O–H groups in total. The molecular weight excluding hydrogens is 436 g/mol. The van der Waals surface area contributed by atoms with E-state index in [0.29, 0.717) is 41.0 Å². The van der Waals surface area contributed by atoms with Crippen molar-refractivity contribution in [2.45, 2.75) is 77.4 Å². The third kappa shape index (κ3) is 6.59. The smallest absolute Gasteiger partial charge is 0.303 e. The first-order valence-corrected chi connectivity index (χ1v) is 11.8. The van der Waals surface area contributed by atoms with Gasteiger partial charge in [0.25, 0.3) is 0 Å². The Morgan fingerprint density at radius 1 is 0.971 bits per heavy atom. The summed E-state index contributed by atoms with van der Waals surface area (Å²) in [4.78, 5) is 34.5. The third-order valence-corrected chi connectivity index (χ3v) is 6.04. The Balaban J connectivity index is 1.63. The maximum atomic E-state index is 12.1. The number of ether oxygens (including phenoxy) is 2. The van der Waals surface area contributed by atoms with Crippen LogP contribution in [0.2, 0.25) is 0 Å².